The van der Waals surface area contributed by atoms with E-state index >= 15 is 0 Å². The third-order valence-corrected chi connectivity index (χ3v) is 6.92. The van der Waals surface area contributed by atoms with Crippen molar-refractivity contribution in [3.05, 3.63) is 71.4 Å². The summed E-state index contributed by atoms with van der Waals surface area (Å²) < 4.78 is 9.13. The van der Waals surface area contributed by atoms with E-state index in [9.17, 15) is 0 Å². The van der Waals surface area contributed by atoms with Gasteiger partial charge in [-0.3, -0.25) is 4.90 Å². The van der Waals surface area contributed by atoms with Gasteiger partial charge in [0.15, 0.2) is 0 Å². The van der Waals surface area contributed by atoms with Crippen molar-refractivity contribution >= 4 is 10.9 Å². The third kappa shape index (κ3) is 2.41. The first-order chi connectivity index (χ1) is 13.4. The molecule has 0 amide bonds. The van der Waals surface area contributed by atoms with Crippen molar-refractivity contribution in [3.8, 4) is 0 Å². The van der Waals surface area contributed by atoms with Crippen molar-refractivity contribution in [2.45, 2.75) is 44.6 Å². The number of hydrogen-bond donors (Lipinski definition) is 0. The first-order valence-corrected chi connectivity index (χ1v) is 10.4. The van der Waals surface area contributed by atoms with E-state index in [1.165, 1.54) is 48.8 Å². The third-order valence-electron chi connectivity index (χ3n) is 6.92. The van der Waals surface area contributed by atoms with E-state index in [2.05, 4.69) is 64.1 Å². The summed E-state index contributed by atoms with van der Waals surface area (Å²) in [5.41, 5.74) is 5.78. The van der Waals surface area contributed by atoms with Crippen molar-refractivity contribution in [2.75, 3.05) is 13.1 Å². The minimum atomic E-state index is 0.151. The fourth-order valence-electron chi connectivity index (χ4n) is 5.82. The molecule has 3 aromatic rings. The summed E-state index contributed by atoms with van der Waals surface area (Å²) in [4.78, 5) is 2.75. The topological polar surface area (TPSA) is 17.4 Å². The molecule has 3 unspecified atom stereocenters. The van der Waals surface area contributed by atoms with Crippen LogP contribution in [-0.2, 0) is 17.8 Å². The van der Waals surface area contributed by atoms with Crippen LogP contribution >= 0.6 is 0 Å². The number of piperidine rings is 1. The Morgan fingerprint density at radius 2 is 1.81 bits per heavy atom. The van der Waals surface area contributed by atoms with Gasteiger partial charge >= 0.3 is 0 Å². The maximum Gasteiger partial charge on any atom is 0.135 e. The summed E-state index contributed by atoms with van der Waals surface area (Å²) in [6.07, 6.45) is 5.14. The van der Waals surface area contributed by atoms with Gasteiger partial charge in [-0.05, 0) is 55.3 Å². The van der Waals surface area contributed by atoms with Crippen LogP contribution in [0.2, 0.25) is 0 Å². The average molecular weight is 358 g/mol. The van der Waals surface area contributed by atoms with E-state index in [4.69, 9.17) is 4.74 Å². The molecule has 27 heavy (non-hydrogen) atoms. The number of aromatic nitrogens is 1. The zero-order valence-corrected chi connectivity index (χ0v) is 15.7. The lowest BCUT2D eigenvalue weighted by Gasteiger charge is -2.49. The van der Waals surface area contributed by atoms with E-state index in [-0.39, 0.29) is 6.23 Å². The molecule has 0 bridgehead atoms. The molecule has 0 spiro atoms. The molecule has 3 atom stereocenters. The largest absolute Gasteiger partial charge is 0.353 e. The van der Waals surface area contributed by atoms with Gasteiger partial charge in [-0.15, -0.1) is 0 Å². The predicted molar refractivity (Wildman–Crippen MR) is 108 cm³/mol. The Labute approximate surface area is 160 Å². The molecule has 3 heteroatoms. The highest BCUT2D eigenvalue weighted by Gasteiger charge is 2.45. The van der Waals surface area contributed by atoms with Crippen molar-refractivity contribution in [1.82, 2.24) is 9.47 Å². The first-order valence-electron chi connectivity index (χ1n) is 10.4. The molecule has 0 saturated carbocycles. The van der Waals surface area contributed by atoms with Crippen molar-refractivity contribution in [2.24, 2.45) is 5.92 Å². The second kappa shape index (κ2) is 6.22. The second-order valence-corrected chi connectivity index (χ2v) is 8.37. The minimum Gasteiger partial charge on any atom is -0.353 e. The summed E-state index contributed by atoms with van der Waals surface area (Å²) in [6, 6.07) is 20.2. The Morgan fingerprint density at radius 3 is 2.74 bits per heavy atom. The van der Waals surface area contributed by atoms with Gasteiger partial charge in [0.1, 0.15) is 6.23 Å². The highest BCUT2D eigenvalue weighted by Crippen LogP contribution is 2.51. The molecule has 2 aromatic carbocycles. The van der Waals surface area contributed by atoms with Crippen LogP contribution in [0.5, 0.6) is 0 Å². The fourth-order valence-corrected chi connectivity index (χ4v) is 5.82. The Morgan fingerprint density at radius 1 is 0.963 bits per heavy atom. The van der Waals surface area contributed by atoms with E-state index < -0.39 is 0 Å². The van der Waals surface area contributed by atoms with E-state index in [1.54, 1.807) is 11.3 Å². The van der Waals surface area contributed by atoms with Crippen LogP contribution < -0.4 is 0 Å². The highest BCUT2D eigenvalue weighted by atomic mass is 16.5. The molecule has 6 rings (SSSR count). The van der Waals surface area contributed by atoms with Gasteiger partial charge in [0.25, 0.3) is 0 Å². The van der Waals surface area contributed by atoms with Gasteiger partial charge < -0.3 is 9.30 Å². The molecule has 0 N–H and O–H groups in total. The van der Waals surface area contributed by atoms with Crippen LogP contribution in [0, 0.1) is 5.92 Å². The van der Waals surface area contributed by atoms with Crippen LogP contribution in [0.4, 0.5) is 0 Å². The van der Waals surface area contributed by atoms with Gasteiger partial charge in [0, 0.05) is 17.6 Å². The lowest BCUT2D eigenvalue weighted by molar-refractivity contribution is -0.0668. The molecule has 1 fully saturated rings. The molecule has 1 saturated heterocycles. The van der Waals surface area contributed by atoms with E-state index in [0.29, 0.717) is 12.6 Å². The molecule has 3 aliphatic heterocycles. The van der Waals surface area contributed by atoms with E-state index in [1.807, 2.05) is 0 Å². The Hall–Kier alpha value is -2.10. The lowest BCUT2D eigenvalue weighted by Crippen LogP contribution is -2.47. The molecule has 4 heterocycles. The minimum absolute atomic E-state index is 0.151. The van der Waals surface area contributed by atoms with Gasteiger partial charge in [-0.2, -0.15) is 0 Å². The number of nitrogens with zero attached hydrogens (tertiary/aromatic N) is 2. The van der Waals surface area contributed by atoms with Gasteiger partial charge in [0.2, 0.25) is 0 Å². The average Bonchev–Trinajstić information content (AvgIpc) is 3.07. The van der Waals surface area contributed by atoms with Gasteiger partial charge in [0.05, 0.1) is 18.2 Å². The molecule has 3 aliphatic rings. The first kappa shape index (κ1) is 15.9. The molecule has 0 aliphatic carbocycles. The predicted octanol–water partition coefficient (Wildman–Crippen LogP) is 5.07. The van der Waals surface area contributed by atoms with E-state index in [0.717, 1.165) is 12.3 Å². The summed E-state index contributed by atoms with van der Waals surface area (Å²) in [6.45, 7) is 3.17. The summed E-state index contributed by atoms with van der Waals surface area (Å²) in [5, 5.41) is 1.45. The van der Waals surface area contributed by atoms with Crippen molar-refractivity contribution in [1.29, 1.82) is 0 Å². The summed E-state index contributed by atoms with van der Waals surface area (Å²) in [7, 11) is 0. The van der Waals surface area contributed by atoms with Crippen LogP contribution in [0.1, 0.15) is 48.4 Å². The number of rotatable bonds is 3. The quantitative estimate of drug-likeness (QED) is 0.650. The number of hydrogen-bond acceptors (Lipinski definition) is 2. The standard InChI is InChI=1S/C24H26N2O/c1-2-7-17(8-3-1)16-27-22-15-18-9-6-13-25-14-12-20-19-10-4-5-11-21(19)26(22)24(20)23(18)25/h1-5,7-8,10-11,18,22-23H,6,9,12-16H2. The normalized spacial score (nSPS) is 26.9. The highest BCUT2D eigenvalue weighted by molar-refractivity contribution is 5.86. The molecular formula is C24H26N2O. The maximum atomic E-state index is 6.57. The van der Waals surface area contributed by atoms with Crippen molar-refractivity contribution in [3.63, 3.8) is 0 Å². The number of ether oxygens (including phenoxy) is 1. The van der Waals surface area contributed by atoms with Gasteiger partial charge in [-0.1, -0.05) is 48.5 Å². The Balaban J connectivity index is 1.46. The van der Waals surface area contributed by atoms with Gasteiger partial charge in [-0.25, -0.2) is 0 Å². The van der Waals surface area contributed by atoms with Crippen LogP contribution in [-0.4, -0.2) is 22.6 Å². The van der Waals surface area contributed by atoms with Crippen molar-refractivity contribution < 1.29 is 4.74 Å². The molecule has 138 valence electrons. The number of fused-ring (bicyclic) bond motifs is 3. The smallest absolute Gasteiger partial charge is 0.135 e. The number of para-hydroxylation sites is 1. The lowest BCUT2D eigenvalue weighted by atomic mass is 9.78. The Bertz CT molecular complexity index is 977. The SMILES string of the molecule is c1ccc(COC2CC3CCCN4CCc5c(n2c2ccccc52)C34)cc1. The van der Waals surface area contributed by atoms with Crippen LogP contribution in [0.3, 0.4) is 0 Å². The zero-order chi connectivity index (χ0) is 17.8. The summed E-state index contributed by atoms with van der Waals surface area (Å²) >= 11 is 0. The molecule has 0 radical (unpaired) electrons. The van der Waals surface area contributed by atoms with Crippen LogP contribution in [0.25, 0.3) is 10.9 Å². The molecular weight excluding hydrogens is 332 g/mol. The van der Waals surface area contributed by atoms with Crippen LogP contribution in [0.15, 0.2) is 54.6 Å². The summed E-state index contributed by atoms with van der Waals surface area (Å²) in [5.74, 6) is 0.732. The fraction of sp³-hybridized carbons (Fsp3) is 0.417. The number of benzene rings is 2. The Kier molecular flexibility index (Phi) is 3.66. The molecule has 3 nitrogen and oxygen atoms in total. The molecule has 1 aromatic heterocycles. The second-order valence-electron chi connectivity index (χ2n) is 8.37. The maximum absolute atomic E-state index is 6.57. The monoisotopic (exact) mass is 358 g/mol. The zero-order valence-electron chi connectivity index (χ0n) is 15.7.